The summed E-state index contributed by atoms with van der Waals surface area (Å²) < 4.78 is 55.9. The molecule has 148 valence electrons. The highest BCUT2D eigenvalue weighted by Gasteiger charge is 2.22. The lowest BCUT2D eigenvalue weighted by molar-refractivity contribution is 0.578. The number of rotatable bonds is 3. The number of nitrogens with two attached hydrogens (primary N) is 1. The Kier molecular flexibility index (Phi) is 5.88. The van der Waals surface area contributed by atoms with Crippen LogP contribution in [0.5, 0.6) is 0 Å². The summed E-state index contributed by atoms with van der Waals surface area (Å²) in [6.07, 6.45) is 2.55. The highest BCUT2D eigenvalue weighted by atomic mass is 35.5. The second-order valence-electron chi connectivity index (χ2n) is 5.54. The predicted octanol–water partition coefficient (Wildman–Crippen LogP) is 3.84. The van der Waals surface area contributed by atoms with E-state index in [4.69, 9.17) is 28.9 Å². The molecule has 0 saturated carbocycles. The molecule has 3 rings (SSSR count). The third kappa shape index (κ3) is 4.74. The number of hydrogen-bond donors (Lipinski definition) is 2. The van der Waals surface area contributed by atoms with Gasteiger partial charge in [0.1, 0.15) is 10.7 Å². The van der Waals surface area contributed by atoms with Gasteiger partial charge in [0.15, 0.2) is 5.82 Å². The zero-order valence-electron chi connectivity index (χ0n) is 14.2. The minimum absolute atomic E-state index is 0.0176. The fourth-order valence-corrected chi connectivity index (χ4v) is 3.99. The molecular weight excluding hydrogens is 445 g/mol. The van der Waals surface area contributed by atoms with Crippen LogP contribution in [0.3, 0.4) is 0 Å². The molecule has 29 heavy (non-hydrogen) atoms. The van der Waals surface area contributed by atoms with Crippen LogP contribution in [-0.4, -0.2) is 18.4 Å². The van der Waals surface area contributed by atoms with Crippen LogP contribution in [0.15, 0.2) is 47.6 Å². The first-order valence-electron chi connectivity index (χ1n) is 7.73. The van der Waals surface area contributed by atoms with Gasteiger partial charge in [0.05, 0.1) is 21.8 Å². The monoisotopic (exact) mass is 454 g/mol. The number of halogens is 4. The Bertz CT molecular complexity index is 1260. The smallest absolute Gasteiger partial charge is 0.263 e. The summed E-state index contributed by atoms with van der Waals surface area (Å²) in [6.45, 7) is 0. The van der Waals surface area contributed by atoms with Crippen molar-refractivity contribution in [3.8, 4) is 11.8 Å². The van der Waals surface area contributed by atoms with Crippen LogP contribution in [0.25, 0.3) is 0 Å². The predicted molar refractivity (Wildman–Crippen MR) is 106 cm³/mol. The second-order valence-corrected chi connectivity index (χ2v) is 8.04. The number of benzene rings is 2. The SMILES string of the molecule is Nc1ncc(C#Cc2c(F)ccc(NS(=O)(=O)c3cc(Cl)ccc3Cl)c2F)cn1. The van der Waals surface area contributed by atoms with E-state index >= 15 is 0 Å². The molecule has 0 fully saturated rings. The van der Waals surface area contributed by atoms with Crippen LogP contribution in [-0.2, 0) is 10.0 Å². The van der Waals surface area contributed by atoms with Crippen LogP contribution in [0.4, 0.5) is 20.4 Å². The van der Waals surface area contributed by atoms with E-state index in [-0.39, 0.29) is 26.5 Å². The third-order valence-corrected chi connectivity index (χ3v) is 5.60. The van der Waals surface area contributed by atoms with Crippen molar-refractivity contribution in [2.45, 2.75) is 4.90 Å². The molecule has 0 bridgehead atoms. The van der Waals surface area contributed by atoms with E-state index < -0.39 is 32.9 Å². The van der Waals surface area contributed by atoms with E-state index in [9.17, 15) is 17.2 Å². The topological polar surface area (TPSA) is 98.0 Å². The standard InChI is InChI=1S/C18H10Cl2F2N4O2S/c19-11-2-4-13(20)16(7-11)29(27,28)26-15-6-5-14(21)12(17(15)22)3-1-10-8-24-18(23)25-9-10/h2,4-9,26H,(H2,23,24,25). The van der Waals surface area contributed by atoms with Gasteiger partial charge < -0.3 is 5.73 Å². The Hall–Kier alpha value is -2.93. The van der Waals surface area contributed by atoms with Crippen molar-refractivity contribution < 1.29 is 17.2 Å². The molecule has 0 atom stereocenters. The minimum atomic E-state index is -4.30. The van der Waals surface area contributed by atoms with Gasteiger partial charge in [0.25, 0.3) is 10.0 Å². The Morgan fingerprint density at radius 3 is 2.41 bits per heavy atom. The third-order valence-electron chi connectivity index (χ3n) is 3.52. The maximum Gasteiger partial charge on any atom is 0.263 e. The minimum Gasteiger partial charge on any atom is -0.368 e. The quantitative estimate of drug-likeness (QED) is 0.585. The van der Waals surface area contributed by atoms with E-state index in [1.165, 1.54) is 24.5 Å². The maximum atomic E-state index is 14.7. The Morgan fingerprint density at radius 1 is 1.03 bits per heavy atom. The van der Waals surface area contributed by atoms with E-state index in [1.54, 1.807) is 0 Å². The number of sulfonamides is 1. The summed E-state index contributed by atoms with van der Waals surface area (Å²) >= 11 is 11.7. The van der Waals surface area contributed by atoms with E-state index in [2.05, 4.69) is 21.8 Å². The van der Waals surface area contributed by atoms with Crippen LogP contribution < -0.4 is 10.5 Å². The molecular formula is C18H10Cl2F2N4O2S. The van der Waals surface area contributed by atoms with Gasteiger partial charge in [-0.3, -0.25) is 4.72 Å². The fourth-order valence-electron chi connectivity index (χ4n) is 2.17. The van der Waals surface area contributed by atoms with Crippen LogP contribution >= 0.6 is 23.2 Å². The van der Waals surface area contributed by atoms with Crippen molar-refractivity contribution in [2.24, 2.45) is 0 Å². The Morgan fingerprint density at radius 2 is 1.72 bits per heavy atom. The first kappa shape index (κ1) is 20.8. The lowest BCUT2D eigenvalue weighted by atomic mass is 10.1. The van der Waals surface area contributed by atoms with Gasteiger partial charge in [-0.1, -0.05) is 35.0 Å². The molecule has 11 heteroatoms. The number of aromatic nitrogens is 2. The normalized spacial score (nSPS) is 10.9. The number of anilines is 2. The molecule has 0 amide bonds. The summed E-state index contributed by atoms with van der Waals surface area (Å²) in [4.78, 5) is 7.07. The molecule has 3 aromatic rings. The summed E-state index contributed by atoms with van der Waals surface area (Å²) in [5.41, 5.74) is 4.46. The first-order valence-corrected chi connectivity index (χ1v) is 9.96. The van der Waals surface area contributed by atoms with E-state index in [0.29, 0.717) is 0 Å². The van der Waals surface area contributed by atoms with Crippen molar-refractivity contribution in [3.05, 3.63) is 75.5 Å². The number of nitrogen functional groups attached to an aromatic ring is 1. The molecule has 1 heterocycles. The average Bonchev–Trinajstić information content (AvgIpc) is 2.67. The zero-order chi connectivity index (χ0) is 21.2. The molecule has 1 aromatic heterocycles. The molecule has 0 spiro atoms. The van der Waals surface area contributed by atoms with Gasteiger partial charge in [-0.25, -0.2) is 27.2 Å². The van der Waals surface area contributed by atoms with Crippen molar-refractivity contribution in [1.29, 1.82) is 0 Å². The summed E-state index contributed by atoms with van der Waals surface area (Å²) in [7, 11) is -4.30. The molecule has 6 nitrogen and oxygen atoms in total. The number of hydrogen-bond acceptors (Lipinski definition) is 5. The highest BCUT2D eigenvalue weighted by Crippen LogP contribution is 2.28. The molecule has 0 aliphatic heterocycles. The first-order chi connectivity index (χ1) is 13.7. The fraction of sp³-hybridized carbons (Fsp3) is 0. The van der Waals surface area contributed by atoms with Gasteiger partial charge in [-0.05, 0) is 30.3 Å². The van der Waals surface area contributed by atoms with Gasteiger partial charge in [0, 0.05) is 17.4 Å². The maximum absolute atomic E-state index is 14.7. The number of nitrogens with one attached hydrogen (secondary N) is 1. The number of nitrogens with zero attached hydrogens (tertiary/aromatic N) is 2. The van der Waals surface area contributed by atoms with Gasteiger partial charge in [-0.15, -0.1) is 0 Å². The Labute approximate surface area is 174 Å². The van der Waals surface area contributed by atoms with E-state index in [0.717, 1.165) is 18.2 Å². The highest BCUT2D eigenvalue weighted by molar-refractivity contribution is 7.92. The molecule has 3 N–H and O–H groups in total. The average molecular weight is 455 g/mol. The summed E-state index contributed by atoms with van der Waals surface area (Å²) in [5.74, 6) is 2.62. The second kappa shape index (κ2) is 8.21. The van der Waals surface area contributed by atoms with Crippen molar-refractivity contribution >= 4 is 44.9 Å². The molecule has 0 saturated heterocycles. The van der Waals surface area contributed by atoms with E-state index in [1.807, 2.05) is 4.72 Å². The molecule has 2 aromatic carbocycles. The van der Waals surface area contributed by atoms with Crippen molar-refractivity contribution in [1.82, 2.24) is 9.97 Å². The molecule has 0 radical (unpaired) electrons. The van der Waals surface area contributed by atoms with Crippen LogP contribution in [0.1, 0.15) is 11.1 Å². The molecule has 0 unspecified atom stereocenters. The van der Waals surface area contributed by atoms with Gasteiger partial charge in [-0.2, -0.15) is 0 Å². The lowest BCUT2D eigenvalue weighted by Crippen LogP contribution is -2.15. The zero-order valence-corrected chi connectivity index (χ0v) is 16.6. The van der Waals surface area contributed by atoms with Crippen molar-refractivity contribution in [3.63, 3.8) is 0 Å². The van der Waals surface area contributed by atoms with Gasteiger partial charge >= 0.3 is 0 Å². The summed E-state index contributed by atoms with van der Waals surface area (Å²) in [6, 6.07) is 5.60. The van der Waals surface area contributed by atoms with Crippen LogP contribution in [0.2, 0.25) is 10.0 Å². The molecule has 0 aliphatic rings. The van der Waals surface area contributed by atoms with Crippen LogP contribution in [0, 0.1) is 23.5 Å². The summed E-state index contributed by atoms with van der Waals surface area (Å²) in [5, 5.41) is -0.000545. The largest absolute Gasteiger partial charge is 0.368 e. The molecule has 0 aliphatic carbocycles. The van der Waals surface area contributed by atoms with Crippen molar-refractivity contribution in [2.75, 3.05) is 10.5 Å². The van der Waals surface area contributed by atoms with Gasteiger partial charge in [0.2, 0.25) is 5.95 Å². The lowest BCUT2D eigenvalue weighted by Gasteiger charge is -2.11. The Balaban J connectivity index is 1.99.